The number of hydrogen-bond acceptors (Lipinski definition) is 2. The Bertz CT molecular complexity index is 352. The highest BCUT2D eigenvalue weighted by Gasteiger charge is 2.12. The zero-order chi connectivity index (χ0) is 9.68. The fourth-order valence-corrected chi connectivity index (χ4v) is 1.03. The molecule has 0 aromatic heterocycles. The third kappa shape index (κ3) is 2.06. The molecule has 1 rings (SSSR count). The van der Waals surface area contributed by atoms with Crippen molar-refractivity contribution in [3.8, 4) is 5.75 Å². The van der Waals surface area contributed by atoms with Crippen molar-refractivity contribution in [1.82, 2.24) is 0 Å². The highest BCUT2D eigenvalue weighted by molar-refractivity contribution is 6.00. The molecule has 0 saturated heterocycles. The standard InChI is InChI=1S/C10H9NO2/c1-11-7-9(12)8-5-3-4-6-10(8)13-2/h3-6H,7H2,2H3. The molecule has 1 aromatic carbocycles. The van der Waals surface area contributed by atoms with Crippen molar-refractivity contribution in [3.63, 3.8) is 0 Å². The Morgan fingerprint density at radius 1 is 1.54 bits per heavy atom. The van der Waals surface area contributed by atoms with Gasteiger partial charge in [0.05, 0.1) is 12.7 Å². The average molecular weight is 175 g/mol. The lowest BCUT2D eigenvalue weighted by molar-refractivity contribution is 0.101. The molecule has 0 amide bonds. The third-order valence-corrected chi connectivity index (χ3v) is 1.63. The summed E-state index contributed by atoms with van der Waals surface area (Å²) >= 11 is 0. The van der Waals surface area contributed by atoms with E-state index in [1.54, 1.807) is 24.3 Å². The van der Waals surface area contributed by atoms with Gasteiger partial charge in [0.1, 0.15) is 5.75 Å². The number of carbonyl (C=O) groups excluding carboxylic acids is 1. The van der Waals surface area contributed by atoms with Crippen LogP contribution in [-0.4, -0.2) is 19.4 Å². The first kappa shape index (κ1) is 9.27. The first-order valence-corrected chi connectivity index (χ1v) is 3.79. The number of Topliss-reactive ketones (excluding diaryl/α,β-unsaturated/α-hetero) is 1. The molecule has 3 heteroatoms. The second kappa shape index (κ2) is 4.27. The number of hydrogen-bond donors (Lipinski definition) is 0. The van der Waals surface area contributed by atoms with E-state index in [9.17, 15) is 4.79 Å². The highest BCUT2D eigenvalue weighted by atomic mass is 16.5. The van der Waals surface area contributed by atoms with Gasteiger partial charge in [0.25, 0.3) is 6.54 Å². The first-order chi connectivity index (χ1) is 6.29. The maximum atomic E-state index is 11.3. The Hall–Kier alpha value is -1.82. The smallest absolute Gasteiger partial charge is 0.276 e. The lowest BCUT2D eigenvalue weighted by atomic mass is 10.1. The molecule has 0 aliphatic rings. The number of nitrogens with zero attached hydrogens (tertiary/aromatic N) is 1. The molecule has 0 aliphatic heterocycles. The fraction of sp³-hybridized carbons (Fsp3) is 0.200. The van der Waals surface area contributed by atoms with Gasteiger partial charge in [0, 0.05) is 0 Å². The van der Waals surface area contributed by atoms with Gasteiger partial charge in [-0.3, -0.25) is 4.79 Å². The summed E-state index contributed by atoms with van der Waals surface area (Å²) in [5, 5.41) is 0. The number of benzene rings is 1. The molecule has 0 saturated carbocycles. The quantitative estimate of drug-likeness (QED) is 0.518. The monoisotopic (exact) mass is 175 g/mol. The van der Waals surface area contributed by atoms with Crippen molar-refractivity contribution in [2.75, 3.05) is 13.7 Å². The molecular formula is C10H9NO2. The van der Waals surface area contributed by atoms with E-state index < -0.39 is 0 Å². The van der Waals surface area contributed by atoms with E-state index in [1.807, 2.05) is 0 Å². The van der Waals surface area contributed by atoms with Crippen molar-refractivity contribution in [3.05, 3.63) is 41.2 Å². The van der Waals surface area contributed by atoms with Crippen molar-refractivity contribution in [2.45, 2.75) is 0 Å². The number of methoxy groups -OCH3 is 1. The molecule has 0 radical (unpaired) electrons. The topological polar surface area (TPSA) is 30.7 Å². The zero-order valence-corrected chi connectivity index (χ0v) is 7.28. The molecule has 0 spiro atoms. The van der Waals surface area contributed by atoms with Crippen molar-refractivity contribution in [2.24, 2.45) is 0 Å². The van der Waals surface area contributed by atoms with Crippen molar-refractivity contribution >= 4 is 5.78 Å². The van der Waals surface area contributed by atoms with Gasteiger partial charge in [0.15, 0.2) is 0 Å². The van der Waals surface area contributed by atoms with Crippen LogP contribution >= 0.6 is 0 Å². The Kier molecular flexibility index (Phi) is 3.04. The van der Waals surface area contributed by atoms with Crippen LogP contribution in [0.3, 0.4) is 0 Å². The summed E-state index contributed by atoms with van der Waals surface area (Å²) in [6, 6.07) is 6.90. The van der Waals surface area contributed by atoms with Crippen LogP contribution in [0.1, 0.15) is 10.4 Å². The zero-order valence-electron chi connectivity index (χ0n) is 7.28. The van der Waals surface area contributed by atoms with E-state index in [0.717, 1.165) is 0 Å². The minimum absolute atomic E-state index is 0.125. The minimum atomic E-state index is -0.201. The average Bonchev–Trinajstić information content (AvgIpc) is 2.18. The highest BCUT2D eigenvalue weighted by Crippen LogP contribution is 2.17. The summed E-state index contributed by atoms with van der Waals surface area (Å²) in [5.74, 6) is 0.323. The minimum Gasteiger partial charge on any atom is -0.496 e. The van der Waals surface area contributed by atoms with Crippen LogP contribution in [0.2, 0.25) is 0 Å². The summed E-state index contributed by atoms with van der Waals surface area (Å²) in [4.78, 5) is 14.4. The molecule has 0 unspecified atom stereocenters. The van der Waals surface area contributed by atoms with Gasteiger partial charge in [-0.05, 0) is 12.1 Å². The predicted molar refractivity (Wildman–Crippen MR) is 48.8 cm³/mol. The largest absolute Gasteiger partial charge is 0.496 e. The van der Waals surface area contributed by atoms with Crippen LogP contribution in [0, 0.1) is 6.57 Å². The van der Waals surface area contributed by atoms with Gasteiger partial charge in [-0.15, -0.1) is 0 Å². The van der Waals surface area contributed by atoms with Gasteiger partial charge in [-0.25, -0.2) is 6.57 Å². The van der Waals surface area contributed by atoms with Crippen LogP contribution < -0.4 is 4.74 Å². The Balaban J connectivity index is 3.00. The molecule has 0 N–H and O–H groups in total. The van der Waals surface area contributed by atoms with Gasteiger partial charge >= 0.3 is 0 Å². The van der Waals surface area contributed by atoms with Crippen LogP contribution in [0.25, 0.3) is 4.85 Å². The summed E-state index contributed by atoms with van der Waals surface area (Å²) in [7, 11) is 1.50. The number of rotatable bonds is 3. The number of ketones is 1. The van der Waals surface area contributed by atoms with E-state index in [0.29, 0.717) is 11.3 Å². The molecule has 0 bridgehead atoms. The predicted octanol–water partition coefficient (Wildman–Crippen LogP) is 1.80. The van der Waals surface area contributed by atoms with Crippen LogP contribution in [-0.2, 0) is 0 Å². The van der Waals surface area contributed by atoms with Crippen molar-refractivity contribution < 1.29 is 9.53 Å². The molecule has 0 heterocycles. The molecular weight excluding hydrogens is 166 g/mol. The summed E-state index contributed by atoms with van der Waals surface area (Å²) in [6.45, 7) is 6.45. The SMILES string of the molecule is [C-]#[N+]CC(=O)c1ccccc1OC. The van der Waals surface area contributed by atoms with E-state index in [4.69, 9.17) is 11.3 Å². The Labute approximate surface area is 76.8 Å². The lowest BCUT2D eigenvalue weighted by Crippen LogP contribution is -2.04. The van der Waals surface area contributed by atoms with Crippen LogP contribution in [0.15, 0.2) is 24.3 Å². The molecule has 13 heavy (non-hydrogen) atoms. The van der Waals surface area contributed by atoms with E-state index in [2.05, 4.69) is 4.85 Å². The third-order valence-electron chi connectivity index (χ3n) is 1.63. The molecule has 0 atom stereocenters. The van der Waals surface area contributed by atoms with Gasteiger partial charge < -0.3 is 9.58 Å². The maximum absolute atomic E-state index is 11.3. The number of carbonyl (C=O) groups is 1. The normalized spacial score (nSPS) is 8.92. The molecule has 0 aliphatic carbocycles. The van der Waals surface area contributed by atoms with Crippen LogP contribution in [0.4, 0.5) is 0 Å². The molecule has 1 aromatic rings. The second-order valence-electron chi connectivity index (χ2n) is 2.44. The second-order valence-corrected chi connectivity index (χ2v) is 2.44. The summed E-state index contributed by atoms with van der Waals surface area (Å²) < 4.78 is 4.99. The van der Waals surface area contributed by atoms with Crippen molar-refractivity contribution in [1.29, 1.82) is 0 Å². The van der Waals surface area contributed by atoms with E-state index in [1.165, 1.54) is 7.11 Å². The Morgan fingerprint density at radius 3 is 2.85 bits per heavy atom. The maximum Gasteiger partial charge on any atom is 0.276 e. The molecule has 0 fully saturated rings. The number of para-hydroxylation sites is 1. The van der Waals surface area contributed by atoms with Gasteiger partial charge in [0.2, 0.25) is 5.78 Å². The lowest BCUT2D eigenvalue weighted by Gasteiger charge is -2.03. The summed E-state index contributed by atoms with van der Waals surface area (Å²) in [6.07, 6.45) is 0. The van der Waals surface area contributed by atoms with Gasteiger partial charge in [-0.2, -0.15) is 0 Å². The fourth-order valence-electron chi connectivity index (χ4n) is 1.03. The van der Waals surface area contributed by atoms with Gasteiger partial charge in [-0.1, -0.05) is 12.1 Å². The molecule has 66 valence electrons. The molecule has 3 nitrogen and oxygen atoms in total. The summed E-state index contributed by atoms with van der Waals surface area (Å²) in [5.41, 5.74) is 0.473. The Morgan fingerprint density at radius 2 is 2.23 bits per heavy atom. The van der Waals surface area contributed by atoms with E-state index in [-0.39, 0.29) is 12.3 Å². The first-order valence-electron chi connectivity index (χ1n) is 3.79. The number of ether oxygens (including phenoxy) is 1. The van der Waals surface area contributed by atoms with E-state index >= 15 is 0 Å². The van der Waals surface area contributed by atoms with Crippen LogP contribution in [0.5, 0.6) is 5.75 Å².